The molecular weight excluding hydrogens is 320 g/mol. The standard InChI is InChI=1S/C12H15ClN2O7/c13-6-2-1-5(3-7(6)15(20)21)14-12-11(19)10(18)9(17)8(4-16)22-12/h1-3,8-12,14,16-19H,4H2/t8-,9+,10+,11+,12-/m0/s1. The molecule has 1 aliphatic heterocycles. The van der Waals surface area contributed by atoms with Crippen molar-refractivity contribution in [3.05, 3.63) is 33.3 Å². The number of nitro groups is 1. The van der Waals surface area contributed by atoms with Crippen molar-refractivity contribution in [2.45, 2.75) is 30.6 Å². The van der Waals surface area contributed by atoms with E-state index in [0.717, 1.165) is 6.07 Å². The molecule has 122 valence electrons. The van der Waals surface area contributed by atoms with Gasteiger partial charge in [-0.3, -0.25) is 10.1 Å². The van der Waals surface area contributed by atoms with Crippen LogP contribution in [0.3, 0.4) is 0 Å². The van der Waals surface area contributed by atoms with Crippen LogP contribution in [0.5, 0.6) is 0 Å². The molecule has 0 saturated carbocycles. The number of aliphatic hydroxyl groups excluding tert-OH is 4. The molecule has 9 nitrogen and oxygen atoms in total. The zero-order valence-corrected chi connectivity index (χ0v) is 11.9. The summed E-state index contributed by atoms with van der Waals surface area (Å²) < 4.78 is 5.24. The first kappa shape index (κ1) is 16.9. The second-order valence-corrected chi connectivity index (χ2v) is 5.22. The molecule has 0 aromatic heterocycles. The lowest BCUT2D eigenvalue weighted by atomic mass is 9.98. The molecule has 0 bridgehead atoms. The smallest absolute Gasteiger partial charge is 0.289 e. The maximum Gasteiger partial charge on any atom is 0.289 e. The van der Waals surface area contributed by atoms with Gasteiger partial charge in [0.15, 0.2) is 6.23 Å². The minimum Gasteiger partial charge on any atom is -0.394 e. The van der Waals surface area contributed by atoms with E-state index in [-0.39, 0.29) is 16.4 Å². The van der Waals surface area contributed by atoms with Gasteiger partial charge in [0.05, 0.1) is 11.5 Å². The van der Waals surface area contributed by atoms with E-state index in [1.807, 2.05) is 0 Å². The topological polar surface area (TPSA) is 145 Å². The highest BCUT2D eigenvalue weighted by Crippen LogP contribution is 2.29. The number of halogens is 1. The number of nitrogens with one attached hydrogen (secondary N) is 1. The van der Waals surface area contributed by atoms with Gasteiger partial charge in [0, 0.05) is 11.8 Å². The van der Waals surface area contributed by atoms with Gasteiger partial charge < -0.3 is 30.5 Å². The average Bonchev–Trinajstić information content (AvgIpc) is 2.49. The Hall–Kier alpha value is -1.49. The predicted octanol–water partition coefficient (Wildman–Crippen LogP) is -0.540. The van der Waals surface area contributed by atoms with Crippen LogP contribution in [0.25, 0.3) is 0 Å². The molecule has 1 aliphatic rings. The molecule has 1 saturated heterocycles. The Morgan fingerprint density at radius 3 is 2.55 bits per heavy atom. The number of rotatable bonds is 4. The largest absolute Gasteiger partial charge is 0.394 e. The van der Waals surface area contributed by atoms with Gasteiger partial charge >= 0.3 is 0 Å². The molecule has 0 aliphatic carbocycles. The Morgan fingerprint density at radius 1 is 1.27 bits per heavy atom. The summed E-state index contributed by atoms with van der Waals surface area (Å²) in [5, 5.41) is 51.7. The molecule has 0 spiro atoms. The number of hydrogen-bond acceptors (Lipinski definition) is 8. The fourth-order valence-electron chi connectivity index (χ4n) is 2.13. The average molecular weight is 335 g/mol. The van der Waals surface area contributed by atoms with E-state index in [4.69, 9.17) is 21.4 Å². The second kappa shape index (κ2) is 6.73. The summed E-state index contributed by atoms with van der Waals surface area (Å²) in [5.74, 6) is 0. The molecule has 5 atom stereocenters. The van der Waals surface area contributed by atoms with Crippen LogP contribution in [0.4, 0.5) is 11.4 Å². The lowest BCUT2D eigenvalue weighted by molar-refractivity contribution is -0.384. The first-order valence-corrected chi connectivity index (χ1v) is 6.74. The van der Waals surface area contributed by atoms with Crippen LogP contribution in [-0.4, -0.2) is 62.6 Å². The Morgan fingerprint density at radius 2 is 1.95 bits per heavy atom. The second-order valence-electron chi connectivity index (χ2n) is 4.82. The normalized spacial score (nSPS) is 31.8. The van der Waals surface area contributed by atoms with Crippen molar-refractivity contribution in [3.8, 4) is 0 Å². The van der Waals surface area contributed by atoms with Gasteiger partial charge in [0.25, 0.3) is 5.69 Å². The monoisotopic (exact) mass is 334 g/mol. The molecule has 0 amide bonds. The highest BCUT2D eigenvalue weighted by atomic mass is 35.5. The van der Waals surface area contributed by atoms with Crippen LogP contribution >= 0.6 is 11.6 Å². The summed E-state index contributed by atoms with van der Waals surface area (Å²) in [5.41, 5.74) is -0.114. The molecule has 0 unspecified atom stereocenters. The van der Waals surface area contributed by atoms with Crippen molar-refractivity contribution >= 4 is 23.0 Å². The zero-order chi connectivity index (χ0) is 16.4. The van der Waals surface area contributed by atoms with Crippen molar-refractivity contribution in [1.29, 1.82) is 0 Å². The van der Waals surface area contributed by atoms with Crippen LogP contribution in [-0.2, 0) is 4.74 Å². The van der Waals surface area contributed by atoms with E-state index in [1.165, 1.54) is 12.1 Å². The molecule has 1 aromatic rings. The first-order valence-electron chi connectivity index (χ1n) is 6.36. The number of nitrogens with zero attached hydrogens (tertiary/aromatic N) is 1. The molecule has 2 rings (SSSR count). The molecule has 10 heteroatoms. The van der Waals surface area contributed by atoms with Gasteiger partial charge in [-0.1, -0.05) is 11.6 Å². The van der Waals surface area contributed by atoms with Crippen molar-refractivity contribution in [2.75, 3.05) is 11.9 Å². The highest BCUT2D eigenvalue weighted by Gasteiger charge is 2.43. The zero-order valence-electron chi connectivity index (χ0n) is 11.2. The Labute approximate surface area is 129 Å². The Balaban J connectivity index is 2.19. The summed E-state index contributed by atoms with van der Waals surface area (Å²) >= 11 is 5.69. The van der Waals surface area contributed by atoms with E-state index in [2.05, 4.69) is 5.32 Å². The van der Waals surface area contributed by atoms with Crippen LogP contribution in [0.1, 0.15) is 0 Å². The van der Waals surface area contributed by atoms with Crippen molar-refractivity contribution in [3.63, 3.8) is 0 Å². The fraction of sp³-hybridized carbons (Fsp3) is 0.500. The molecule has 1 fully saturated rings. The third-order valence-electron chi connectivity index (χ3n) is 3.34. The van der Waals surface area contributed by atoms with Gasteiger partial charge in [-0.25, -0.2) is 0 Å². The lowest BCUT2D eigenvalue weighted by Gasteiger charge is -2.40. The number of nitro benzene ring substituents is 1. The minimum atomic E-state index is -1.54. The molecular formula is C12H15ClN2O7. The number of anilines is 1. The maximum atomic E-state index is 10.8. The number of aliphatic hydroxyl groups is 4. The van der Waals surface area contributed by atoms with E-state index >= 15 is 0 Å². The third-order valence-corrected chi connectivity index (χ3v) is 3.66. The van der Waals surface area contributed by atoms with E-state index in [9.17, 15) is 25.4 Å². The van der Waals surface area contributed by atoms with Crippen LogP contribution in [0, 0.1) is 10.1 Å². The Kier molecular flexibility index (Phi) is 5.16. The molecule has 1 heterocycles. The molecule has 22 heavy (non-hydrogen) atoms. The lowest BCUT2D eigenvalue weighted by Crippen LogP contribution is -2.60. The number of benzene rings is 1. The maximum absolute atomic E-state index is 10.8. The summed E-state index contributed by atoms with van der Waals surface area (Å²) in [6.07, 6.45) is -6.75. The third kappa shape index (κ3) is 3.29. The van der Waals surface area contributed by atoms with Crippen LogP contribution < -0.4 is 5.32 Å². The molecule has 5 N–H and O–H groups in total. The SMILES string of the molecule is O=[N+]([O-])c1cc(N[C@H]2O[C@@H](CO)[C@@H](O)[C@@H](O)[C@H]2O)ccc1Cl. The molecule has 1 aromatic carbocycles. The minimum absolute atomic E-state index is 0.0515. The van der Waals surface area contributed by atoms with Gasteiger partial charge in [0.2, 0.25) is 0 Å². The summed E-state index contributed by atoms with van der Waals surface area (Å²) in [6.45, 7) is -0.566. The first-order chi connectivity index (χ1) is 10.3. The summed E-state index contributed by atoms with van der Waals surface area (Å²) in [6, 6.07) is 3.87. The summed E-state index contributed by atoms with van der Waals surface area (Å²) in [4.78, 5) is 10.2. The van der Waals surface area contributed by atoms with E-state index < -0.39 is 42.2 Å². The van der Waals surface area contributed by atoms with Gasteiger partial charge in [-0.05, 0) is 12.1 Å². The van der Waals surface area contributed by atoms with Gasteiger partial charge in [-0.2, -0.15) is 0 Å². The highest BCUT2D eigenvalue weighted by molar-refractivity contribution is 6.32. The fourth-order valence-corrected chi connectivity index (χ4v) is 2.31. The quantitative estimate of drug-likeness (QED) is 0.364. The van der Waals surface area contributed by atoms with Crippen molar-refractivity contribution in [1.82, 2.24) is 0 Å². The Bertz CT molecular complexity index is 556. The summed E-state index contributed by atoms with van der Waals surface area (Å²) in [7, 11) is 0. The predicted molar refractivity (Wildman–Crippen MR) is 75.5 cm³/mol. The van der Waals surface area contributed by atoms with Crippen molar-refractivity contribution < 1.29 is 30.1 Å². The molecule has 0 radical (unpaired) electrons. The van der Waals surface area contributed by atoms with E-state index in [1.54, 1.807) is 0 Å². The number of ether oxygens (including phenoxy) is 1. The number of hydrogen-bond donors (Lipinski definition) is 5. The van der Waals surface area contributed by atoms with Crippen molar-refractivity contribution in [2.24, 2.45) is 0 Å². The van der Waals surface area contributed by atoms with Crippen LogP contribution in [0.2, 0.25) is 5.02 Å². The van der Waals surface area contributed by atoms with Gasteiger partial charge in [0.1, 0.15) is 29.4 Å². The van der Waals surface area contributed by atoms with Gasteiger partial charge in [-0.15, -0.1) is 0 Å². The van der Waals surface area contributed by atoms with Crippen LogP contribution in [0.15, 0.2) is 18.2 Å². The van der Waals surface area contributed by atoms with E-state index in [0.29, 0.717) is 0 Å².